The lowest BCUT2D eigenvalue weighted by Crippen LogP contribution is -2.32. The molecule has 0 spiro atoms. The normalized spacial score (nSPS) is 11.1. The van der Waals surface area contributed by atoms with Crippen LogP contribution in [0.4, 0.5) is 15.9 Å². The second-order valence-corrected chi connectivity index (χ2v) is 6.60. The number of anilines is 2. The first-order valence-corrected chi connectivity index (χ1v) is 9.25. The van der Waals surface area contributed by atoms with Gasteiger partial charge in [-0.05, 0) is 30.3 Å². The fourth-order valence-corrected chi connectivity index (χ4v) is 3.29. The lowest BCUT2D eigenvalue weighted by atomic mass is 10.2. The molecule has 30 heavy (non-hydrogen) atoms. The van der Waals surface area contributed by atoms with E-state index in [0.29, 0.717) is 23.0 Å². The maximum absolute atomic E-state index is 14.4. The van der Waals surface area contributed by atoms with Crippen LogP contribution in [0.3, 0.4) is 0 Å². The standard InChI is InChI=1S/C21H16FN7O/c22-15-7-4-8-16-18(15)21(30)29(28-13-5-2-1-3-6-13)17(27-16)11-24-20-14-9-10-23-19(14)25-12-26-20/h1-10,12,28H,11H2,(H2,23,24,25,26). The first-order chi connectivity index (χ1) is 14.7. The van der Waals surface area contributed by atoms with Crippen LogP contribution in [0.1, 0.15) is 5.82 Å². The van der Waals surface area contributed by atoms with Gasteiger partial charge in [0.2, 0.25) is 0 Å². The largest absolute Gasteiger partial charge is 0.362 e. The van der Waals surface area contributed by atoms with Crippen LogP contribution in [0.25, 0.3) is 21.9 Å². The molecule has 0 radical (unpaired) electrons. The van der Waals surface area contributed by atoms with E-state index < -0.39 is 11.4 Å². The highest BCUT2D eigenvalue weighted by molar-refractivity contribution is 5.86. The van der Waals surface area contributed by atoms with Gasteiger partial charge in [-0.2, -0.15) is 0 Å². The molecule has 0 saturated heterocycles. The molecule has 0 aliphatic carbocycles. The van der Waals surface area contributed by atoms with Gasteiger partial charge in [0.25, 0.3) is 5.56 Å². The van der Waals surface area contributed by atoms with E-state index in [2.05, 4.69) is 30.7 Å². The molecule has 0 amide bonds. The number of aromatic amines is 1. The number of benzene rings is 2. The smallest absolute Gasteiger partial charge is 0.283 e. The molecule has 148 valence electrons. The zero-order chi connectivity index (χ0) is 20.5. The molecule has 8 nitrogen and oxygen atoms in total. The first kappa shape index (κ1) is 17.8. The average molecular weight is 401 g/mol. The van der Waals surface area contributed by atoms with Crippen molar-refractivity contribution in [2.75, 3.05) is 10.7 Å². The zero-order valence-corrected chi connectivity index (χ0v) is 15.6. The van der Waals surface area contributed by atoms with E-state index in [4.69, 9.17) is 0 Å². The van der Waals surface area contributed by atoms with E-state index in [1.807, 2.05) is 36.4 Å². The Balaban J connectivity index is 1.59. The fourth-order valence-electron chi connectivity index (χ4n) is 3.29. The van der Waals surface area contributed by atoms with Crippen molar-refractivity contribution >= 4 is 33.4 Å². The molecule has 0 aliphatic heterocycles. The summed E-state index contributed by atoms with van der Waals surface area (Å²) in [6.07, 6.45) is 3.22. The van der Waals surface area contributed by atoms with Gasteiger partial charge in [-0.25, -0.2) is 24.0 Å². The van der Waals surface area contributed by atoms with Gasteiger partial charge in [-0.1, -0.05) is 24.3 Å². The van der Waals surface area contributed by atoms with Crippen molar-refractivity contribution in [2.24, 2.45) is 0 Å². The molecule has 0 bridgehead atoms. The van der Waals surface area contributed by atoms with E-state index in [0.717, 1.165) is 5.39 Å². The summed E-state index contributed by atoms with van der Waals surface area (Å²) in [5.41, 5.74) is 4.16. The van der Waals surface area contributed by atoms with Crippen LogP contribution in [0.15, 0.2) is 71.9 Å². The summed E-state index contributed by atoms with van der Waals surface area (Å²) in [4.78, 5) is 29.1. The first-order valence-electron chi connectivity index (χ1n) is 9.25. The third-order valence-electron chi connectivity index (χ3n) is 4.70. The van der Waals surface area contributed by atoms with Gasteiger partial charge in [0.15, 0.2) is 5.82 Å². The Hall–Kier alpha value is -4.27. The third-order valence-corrected chi connectivity index (χ3v) is 4.70. The molecule has 9 heteroatoms. The van der Waals surface area contributed by atoms with Crippen molar-refractivity contribution in [2.45, 2.75) is 6.54 Å². The van der Waals surface area contributed by atoms with E-state index in [-0.39, 0.29) is 17.4 Å². The summed E-state index contributed by atoms with van der Waals surface area (Å²) < 4.78 is 15.6. The highest BCUT2D eigenvalue weighted by Crippen LogP contribution is 2.19. The van der Waals surface area contributed by atoms with Crippen LogP contribution in [0.5, 0.6) is 0 Å². The molecule has 3 heterocycles. The second kappa shape index (κ2) is 7.28. The lowest BCUT2D eigenvalue weighted by molar-refractivity contribution is 0.635. The van der Waals surface area contributed by atoms with Crippen LogP contribution >= 0.6 is 0 Å². The number of fused-ring (bicyclic) bond motifs is 2. The number of H-pyrrole nitrogens is 1. The van der Waals surface area contributed by atoms with Gasteiger partial charge >= 0.3 is 0 Å². The quantitative estimate of drug-likeness (QED) is 0.418. The maximum Gasteiger partial charge on any atom is 0.283 e. The Bertz CT molecular complexity index is 1410. The van der Waals surface area contributed by atoms with Crippen LogP contribution in [-0.2, 0) is 6.54 Å². The minimum Gasteiger partial charge on any atom is -0.362 e. The molecular weight excluding hydrogens is 385 g/mol. The highest BCUT2D eigenvalue weighted by Gasteiger charge is 2.15. The molecule has 5 aromatic rings. The predicted molar refractivity (Wildman–Crippen MR) is 113 cm³/mol. The fraction of sp³-hybridized carbons (Fsp3) is 0.0476. The van der Waals surface area contributed by atoms with Crippen molar-refractivity contribution in [3.63, 3.8) is 0 Å². The predicted octanol–water partition coefficient (Wildman–Crippen LogP) is 3.29. The van der Waals surface area contributed by atoms with E-state index in [1.165, 1.54) is 23.1 Å². The molecule has 3 aromatic heterocycles. The summed E-state index contributed by atoms with van der Waals surface area (Å²) in [6.45, 7) is 0.179. The van der Waals surface area contributed by atoms with Gasteiger partial charge in [-0.15, -0.1) is 0 Å². The average Bonchev–Trinajstić information content (AvgIpc) is 3.25. The Morgan fingerprint density at radius 2 is 1.90 bits per heavy atom. The number of nitrogens with one attached hydrogen (secondary N) is 3. The summed E-state index contributed by atoms with van der Waals surface area (Å²) >= 11 is 0. The molecule has 0 saturated carbocycles. The third kappa shape index (κ3) is 3.12. The number of para-hydroxylation sites is 1. The van der Waals surface area contributed by atoms with Crippen LogP contribution in [-0.4, -0.2) is 24.6 Å². The van der Waals surface area contributed by atoms with Crippen LogP contribution in [0, 0.1) is 5.82 Å². The zero-order valence-electron chi connectivity index (χ0n) is 15.6. The monoisotopic (exact) mass is 401 g/mol. The van der Waals surface area contributed by atoms with Crippen molar-refractivity contribution < 1.29 is 4.39 Å². The maximum atomic E-state index is 14.4. The second-order valence-electron chi connectivity index (χ2n) is 6.60. The van der Waals surface area contributed by atoms with Crippen LogP contribution in [0.2, 0.25) is 0 Å². The molecule has 0 fully saturated rings. The van der Waals surface area contributed by atoms with Gasteiger partial charge in [-0.3, -0.25) is 10.2 Å². The number of hydrogen-bond acceptors (Lipinski definition) is 6. The molecule has 5 rings (SSSR count). The summed E-state index contributed by atoms with van der Waals surface area (Å²) in [6, 6.07) is 15.4. The van der Waals surface area contributed by atoms with Gasteiger partial charge < -0.3 is 10.3 Å². The summed E-state index contributed by atoms with van der Waals surface area (Å²) in [7, 11) is 0. The van der Waals surface area contributed by atoms with Crippen molar-refractivity contribution in [3.05, 3.63) is 89.1 Å². The Labute approximate surface area is 169 Å². The summed E-state index contributed by atoms with van der Waals surface area (Å²) in [5.74, 6) is 0.364. The van der Waals surface area contributed by atoms with E-state index >= 15 is 0 Å². The minimum absolute atomic E-state index is 0.0697. The Morgan fingerprint density at radius 3 is 2.77 bits per heavy atom. The molecular formula is C21H16FN7O. The van der Waals surface area contributed by atoms with Crippen molar-refractivity contribution in [1.82, 2.24) is 24.6 Å². The Morgan fingerprint density at radius 1 is 1.03 bits per heavy atom. The number of aromatic nitrogens is 5. The van der Waals surface area contributed by atoms with Gasteiger partial charge in [0.1, 0.15) is 29.0 Å². The van der Waals surface area contributed by atoms with Gasteiger partial charge in [0.05, 0.1) is 23.1 Å². The molecule has 2 aromatic carbocycles. The SMILES string of the molecule is O=c1c2c(F)cccc2nc(CNc2ncnc3[nH]ccc23)n1Nc1ccccc1. The number of hydrogen-bond donors (Lipinski definition) is 3. The van der Waals surface area contributed by atoms with Crippen LogP contribution < -0.4 is 16.3 Å². The number of rotatable bonds is 5. The molecule has 0 aliphatic rings. The van der Waals surface area contributed by atoms with Crippen molar-refractivity contribution in [3.8, 4) is 0 Å². The Kier molecular flexibility index (Phi) is 4.32. The lowest BCUT2D eigenvalue weighted by Gasteiger charge is -2.16. The number of halogens is 1. The highest BCUT2D eigenvalue weighted by atomic mass is 19.1. The topological polar surface area (TPSA) is 101 Å². The van der Waals surface area contributed by atoms with Crippen molar-refractivity contribution in [1.29, 1.82) is 0 Å². The van der Waals surface area contributed by atoms with E-state index in [9.17, 15) is 9.18 Å². The summed E-state index contributed by atoms with van der Waals surface area (Å²) in [5, 5.41) is 3.94. The molecule has 3 N–H and O–H groups in total. The van der Waals surface area contributed by atoms with Gasteiger partial charge in [0, 0.05) is 6.20 Å². The number of nitrogens with zero attached hydrogens (tertiary/aromatic N) is 4. The molecule has 0 unspecified atom stereocenters. The minimum atomic E-state index is -0.613. The van der Waals surface area contributed by atoms with E-state index in [1.54, 1.807) is 12.3 Å². The molecule has 0 atom stereocenters.